The maximum atomic E-state index is 12.8. The van der Waals surface area contributed by atoms with Gasteiger partial charge in [-0.25, -0.2) is 4.39 Å². The minimum Gasteiger partial charge on any atom is -0.389 e. The molecule has 0 aromatic heterocycles. The lowest BCUT2D eigenvalue weighted by Gasteiger charge is -2.30. The molecule has 3 N–H and O–H groups in total. The molecule has 3 atom stereocenters. The van der Waals surface area contributed by atoms with Crippen molar-refractivity contribution in [2.24, 2.45) is 0 Å². The minimum absolute atomic E-state index is 0.0713. The highest BCUT2D eigenvalue weighted by Gasteiger charge is 2.37. The molecule has 1 aromatic carbocycles. The van der Waals surface area contributed by atoms with Crippen molar-refractivity contribution in [2.75, 3.05) is 13.2 Å². The van der Waals surface area contributed by atoms with Gasteiger partial charge in [-0.1, -0.05) is 6.42 Å². The van der Waals surface area contributed by atoms with Crippen LogP contribution in [0.15, 0.2) is 24.3 Å². The van der Waals surface area contributed by atoms with Crippen LogP contribution in [0.25, 0.3) is 0 Å². The van der Waals surface area contributed by atoms with Crippen molar-refractivity contribution in [1.82, 2.24) is 10.6 Å². The third-order valence-corrected chi connectivity index (χ3v) is 4.41. The molecule has 1 aliphatic carbocycles. The van der Waals surface area contributed by atoms with Crippen molar-refractivity contribution in [1.29, 1.82) is 0 Å². The number of carbonyl (C=O) groups excluding carboxylic acids is 1. The number of halogens is 1. The number of benzene rings is 1. The van der Waals surface area contributed by atoms with E-state index in [0.29, 0.717) is 18.2 Å². The smallest absolute Gasteiger partial charge is 0.251 e. The summed E-state index contributed by atoms with van der Waals surface area (Å²) in [6.45, 7) is 0.689. The van der Waals surface area contributed by atoms with Crippen LogP contribution in [-0.4, -0.2) is 48.5 Å². The van der Waals surface area contributed by atoms with Crippen LogP contribution in [0.2, 0.25) is 0 Å². The highest BCUT2D eigenvalue weighted by atomic mass is 19.1. The molecule has 120 valence electrons. The Balaban J connectivity index is 1.47. The Morgan fingerprint density at radius 1 is 1.32 bits per heavy atom. The second kappa shape index (κ2) is 6.73. The van der Waals surface area contributed by atoms with E-state index in [1.54, 1.807) is 0 Å². The molecule has 2 aliphatic rings. The molecular weight excluding hydrogens is 287 g/mol. The second-order valence-corrected chi connectivity index (χ2v) is 5.98. The quantitative estimate of drug-likeness (QED) is 0.753. The van der Waals surface area contributed by atoms with E-state index in [9.17, 15) is 14.3 Å². The maximum Gasteiger partial charge on any atom is 0.251 e. The first-order valence-corrected chi connectivity index (χ1v) is 7.73. The Morgan fingerprint density at radius 3 is 2.68 bits per heavy atom. The van der Waals surface area contributed by atoms with Gasteiger partial charge < -0.3 is 20.5 Å². The monoisotopic (exact) mass is 308 g/mol. The third-order valence-electron chi connectivity index (χ3n) is 4.41. The zero-order valence-corrected chi connectivity index (χ0v) is 12.3. The number of rotatable bonds is 5. The molecule has 6 heteroatoms. The lowest BCUT2D eigenvalue weighted by Crippen LogP contribution is -2.50. The van der Waals surface area contributed by atoms with Gasteiger partial charge in [0.15, 0.2) is 0 Å². The summed E-state index contributed by atoms with van der Waals surface area (Å²) in [6.07, 6.45) is 2.49. The number of ether oxygens (including phenoxy) is 1. The van der Waals surface area contributed by atoms with E-state index in [2.05, 4.69) is 10.6 Å². The number of aliphatic hydroxyl groups excluding tert-OH is 1. The van der Waals surface area contributed by atoms with E-state index in [1.807, 2.05) is 0 Å². The molecule has 1 saturated heterocycles. The fourth-order valence-electron chi connectivity index (χ4n) is 2.78. The number of nitrogens with one attached hydrogen (secondary N) is 2. The minimum atomic E-state index is -0.630. The van der Waals surface area contributed by atoms with Crippen LogP contribution in [0.4, 0.5) is 4.39 Å². The number of carbonyl (C=O) groups is 1. The highest BCUT2D eigenvalue weighted by molar-refractivity contribution is 5.94. The summed E-state index contributed by atoms with van der Waals surface area (Å²) in [4.78, 5) is 11.9. The van der Waals surface area contributed by atoms with Crippen molar-refractivity contribution in [3.05, 3.63) is 35.6 Å². The first-order chi connectivity index (χ1) is 10.6. The van der Waals surface area contributed by atoms with E-state index in [-0.39, 0.29) is 24.3 Å². The number of hydrogen-bond acceptors (Lipinski definition) is 4. The number of amides is 1. The second-order valence-electron chi connectivity index (χ2n) is 5.98. The Bertz CT molecular complexity index is 519. The van der Waals surface area contributed by atoms with Crippen molar-refractivity contribution in [2.45, 2.75) is 43.6 Å². The summed E-state index contributed by atoms with van der Waals surface area (Å²) in [7, 11) is 0. The van der Waals surface area contributed by atoms with Crippen LogP contribution in [0.5, 0.6) is 0 Å². The van der Waals surface area contributed by atoms with Crippen molar-refractivity contribution < 1.29 is 19.0 Å². The summed E-state index contributed by atoms with van der Waals surface area (Å²) < 4.78 is 18.4. The van der Waals surface area contributed by atoms with Gasteiger partial charge in [-0.15, -0.1) is 0 Å². The van der Waals surface area contributed by atoms with Crippen LogP contribution < -0.4 is 10.6 Å². The summed E-state index contributed by atoms with van der Waals surface area (Å²) >= 11 is 0. The standard InChI is InChI=1S/C16H21FN2O3/c17-11-6-4-10(5-7-11)16(21)18-8-14-15(20)13(9-22-14)19-12-2-1-3-12/h4-7,12-15,19-20H,1-3,8-9H2,(H,18,21)/t13-,14-,15+/m1/s1. The van der Waals surface area contributed by atoms with Gasteiger partial charge in [-0.3, -0.25) is 4.79 Å². The van der Waals surface area contributed by atoms with E-state index >= 15 is 0 Å². The Hall–Kier alpha value is -1.50. The average molecular weight is 308 g/mol. The predicted molar refractivity (Wildman–Crippen MR) is 79.0 cm³/mol. The zero-order chi connectivity index (χ0) is 15.5. The molecule has 0 bridgehead atoms. The molecule has 5 nitrogen and oxygen atoms in total. The topological polar surface area (TPSA) is 70.6 Å². The Kier molecular flexibility index (Phi) is 4.71. The molecule has 1 aromatic rings. The normalized spacial score (nSPS) is 28.4. The third kappa shape index (κ3) is 3.45. The van der Waals surface area contributed by atoms with Crippen molar-refractivity contribution in [3.63, 3.8) is 0 Å². The molecular formula is C16H21FN2O3. The molecule has 2 fully saturated rings. The maximum absolute atomic E-state index is 12.8. The van der Waals surface area contributed by atoms with Gasteiger partial charge in [0.05, 0.1) is 18.8 Å². The lowest BCUT2D eigenvalue weighted by atomic mass is 9.92. The van der Waals surface area contributed by atoms with Crippen LogP contribution in [0.1, 0.15) is 29.6 Å². The van der Waals surface area contributed by atoms with E-state index in [1.165, 1.54) is 30.7 Å². The molecule has 3 rings (SSSR count). The largest absolute Gasteiger partial charge is 0.389 e. The van der Waals surface area contributed by atoms with Gasteiger partial charge in [-0.05, 0) is 37.1 Å². The van der Waals surface area contributed by atoms with Gasteiger partial charge >= 0.3 is 0 Å². The zero-order valence-electron chi connectivity index (χ0n) is 12.3. The Morgan fingerprint density at radius 2 is 2.05 bits per heavy atom. The fraction of sp³-hybridized carbons (Fsp3) is 0.562. The summed E-state index contributed by atoms with van der Waals surface area (Å²) in [5.41, 5.74) is 0.387. The van der Waals surface area contributed by atoms with Gasteiger partial charge in [0.25, 0.3) is 5.91 Å². The van der Waals surface area contributed by atoms with E-state index in [4.69, 9.17) is 4.74 Å². The molecule has 0 unspecified atom stereocenters. The SMILES string of the molecule is O=C(NC[C@H]1OC[C@@H](NC2CCC2)[C@@H]1O)c1ccc(F)cc1. The molecule has 1 aliphatic heterocycles. The molecule has 0 spiro atoms. The van der Waals surface area contributed by atoms with Gasteiger partial charge in [0.1, 0.15) is 11.9 Å². The van der Waals surface area contributed by atoms with Gasteiger partial charge in [0, 0.05) is 18.2 Å². The number of hydrogen-bond donors (Lipinski definition) is 3. The van der Waals surface area contributed by atoms with Gasteiger partial charge in [0.2, 0.25) is 0 Å². The summed E-state index contributed by atoms with van der Waals surface area (Å²) in [5, 5.41) is 16.4. The predicted octanol–water partition coefficient (Wildman–Crippen LogP) is 0.826. The van der Waals surface area contributed by atoms with Gasteiger partial charge in [-0.2, -0.15) is 0 Å². The van der Waals surface area contributed by atoms with Crippen LogP contribution in [0, 0.1) is 5.82 Å². The van der Waals surface area contributed by atoms with Crippen molar-refractivity contribution in [3.8, 4) is 0 Å². The molecule has 0 radical (unpaired) electrons. The molecule has 1 amide bonds. The molecule has 22 heavy (non-hydrogen) atoms. The highest BCUT2D eigenvalue weighted by Crippen LogP contribution is 2.22. The van der Waals surface area contributed by atoms with E-state index in [0.717, 1.165) is 12.8 Å². The molecule has 1 saturated carbocycles. The Labute approximate surface area is 128 Å². The first kappa shape index (κ1) is 15.4. The summed E-state index contributed by atoms with van der Waals surface area (Å²) in [6, 6.07) is 5.76. The summed E-state index contributed by atoms with van der Waals surface area (Å²) in [5.74, 6) is -0.679. The van der Waals surface area contributed by atoms with Crippen molar-refractivity contribution >= 4 is 5.91 Å². The lowest BCUT2D eigenvalue weighted by molar-refractivity contribution is 0.0392. The fourth-order valence-corrected chi connectivity index (χ4v) is 2.78. The number of aliphatic hydroxyl groups is 1. The van der Waals surface area contributed by atoms with Crippen LogP contribution >= 0.6 is 0 Å². The van der Waals surface area contributed by atoms with Crippen LogP contribution in [-0.2, 0) is 4.74 Å². The van der Waals surface area contributed by atoms with Crippen LogP contribution in [0.3, 0.4) is 0 Å². The average Bonchev–Trinajstić information content (AvgIpc) is 2.82. The first-order valence-electron chi connectivity index (χ1n) is 7.73. The molecule has 1 heterocycles. The van der Waals surface area contributed by atoms with E-state index < -0.39 is 12.2 Å².